The Morgan fingerprint density at radius 1 is 1.21 bits per heavy atom. The molecular weight excluding hydrogens is 257 g/mol. The standard InChI is InChI=1S/C13H17F3N2O/c1-9(2)17-8-10-3-5-11(6-4-10)18-12(19)7-13(14,15)16/h3-6,9,17H,7-8H2,1-2H3,(H,18,19). The lowest BCUT2D eigenvalue weighted by molar-refractivity contribution is -0.150. The molecule has 0 aliphatic heterocycles. The second kappa shape index (κ2) is 6.56. The van der Waals surface area contributed by atoms with Crippen LogP contribution in [0, 0.1) is 0 Å². The number of hydrogen-bond donors (Lipinski definition) is 2. The van der Waals surface area contributed by atoms with Crippen LogP contribution in [-0.2, 0) is 11.3 Å². The molecule has 0 heterocycles. The number of carbonyl (C=O) groups is 1. The molecule has 0 aromatic heterocycles. The molecule has 1 rings (SSSR count). The second-order valence-corrected chi connectivity index (χ2v) is 4.57. The molecule has 106 valence electrons. The van der Waals surface area contributed by atoms with Crippen LogP contribution in [0.5, 0.6) is 0 Å². The van der Waals surface area contributed by atoms with E-state index in [1.54, 1.807) is 24.3 Å². The summed E-state index contributed by atoms with van der Waals surface area (Å²) in [6.07, 6.45) is -5.95. The maximum atomic E-state index is 12.0. The number of alkyl halides is 3. The molecule has 0 unspecified atom stereocenters. The third kappa shape index (κ3) is 6.81. The molecule has 0 aliphatic rings. The fraction of sp³-hybridized carbons (Fsp3) is 0.462. The minimum Gasteiger partial charge on any atom is -0.326 e. The predicted molar refractivity (Wildman–Crippen MR) is 67.7 cm³/mol. The first-order valence-electron chi connectivity index (χ1n) is 5.95. The summed E-state index contributed by atoms with van der Waals surface area (Å²) in [5.74, 6) is -1.06. The van der Waals surface area contributed by atoms with Gasteiger partial charge >= 0.3 is 6.18 Å². The van der Waals surface area contributed by atoms with Gasteiger partial charge in [-0.25, -0.2) is 0 Å². The molecule has 0 radical (unpaired) electrons. The third-order valence-corrected chi connectivity index (χ3v) is 2.31. The molecule has 0 aliphatic carbocycles. The number of amides is 1. The van der Waals surface area contributed by atoms with E-state index < -0.39 is 18.5 Å². The maximum absolute atomic E-state index is 12.0. The van der Waals surface area contributed by atoms with Gasteiger partial charge in [-0.05, 0) is 17.7 Å². The van der Waals surface area contributed by atoms with E-state index >= 15 is 0 Å². The number of nitrogens with one attached hydrogen (secondary N) is 2. The summed E-state index contributed by atoms with van der Waals surface area (Å²) in [4.78, 5) is 11.1. The minimum absolute atomic E-state index is 0.353. The zero-order valence-electron chi connectivity index (χ0n) is 10.8. The molecular formula is C13H17F3N2O. The van der Waals surface area contributed by atoms with E-state index in [9.17, 15) is 18.0 Å². The molecule has 1 amide bonds. The fourth-order valence-electron chi connectivity index (χ4n) is 1.42. The van der Waals surface area contributed by atoms with Gasteiger partial charge in [0.25, 0.3) is 0 Å². The normalized spacial score (nSPS) is 11.7. The van der Waals surface area contributed by atoms with Gasteiger partial charge in [-0.2, -0.15) is 13.2 Å². The molecule has 0 saturated heterocycles. The molecule has 3 nitrogen and oxygen atoms in total. The molecule has 0 atom stereocenters. The molecule has 1 aromatic rings. The smallest absolute Gasteiger partial charge is 0.326 e. The average molecular weight is 274 g/mol. The van der Waals surface area contributed by atoms with Gasteiger partial charge in [-0.15, -0.1) is 0 Å². The zero-order valence-corrected chi connectivity index (χ0v) is 10.8. The molecule has 1 aromatic carbocycles. The van der Waals surface area contributed by atoms with Gasteiger partial charge in [0.1, 0.15) is 6.42 Å². The van der Waals surface area contributed by atoms with Crippen LogP contribution in [0.15, 0.2) is 24.3 Å². The van der Waals surface area contributed by atoms with Crippen LogP contribution in [0.3, 0.4) is 0 Å². The SMILES string of the molecule is CC(C)NCc1ccc(NC(=O)CC(F)(F)F)cc1. The quantitative estimate of drug-likeness (QED) is 0.866. The molecule has 6 heteroatoms. The van der Waals surface area contributed by atoms with Crippen LogP contribution < -0.4 is 10.6 Å². The van der Waals surface area contributed by atoms with E-state index in [1.165, 1.54) is 0 Å². The van der Waals surface area contributed by atoms with Crippen molar-refractivity contribution in [3.63, 3.8) is 0 Å². The van der Waals surface area contributed by atoms with Crippen molar-refractivity contribution < 1.29 is 18.0 Å². The Morgan fingerprint density at radius 3 is 2.26 bits per heavy atom. The fourth-order valence-corrected chi connectivity index (χ4v) is 1.42. The van der Waals surface area contributed by atoms with Crippen LogP contribution in [0.1, 0.15) is 25.8 Å². The van der Waals surface area contributed by atoms with Gasteiger partial charge in [0.15, 0.2) is 0 Å². The molecule has 0 spiro atoms. The second-order valence-electron chi connectivity index (χ2n) is 4.57. The van der Waals surface area contributed by atoms with Crippen molar-refractivity contribution in [3.8, 4) is 0 Å². The predicted octanol–water partition coefficient (Wildman–Crippen LogP) is 3.08. The lowest BCUT2D eigenvalue weighted by atomic mass is 10.2. The number of benzene rings is 1. The Bertz CT molecular complexity index is 413. The monoisotopic (exact) mass is 274 g/mol. The van der Waals surface area contributed by atoms with Gasteiger partial charge in [0.2, 0.25) is 5.91 Å². The zero-order chi connectivity index (χ0) is 14.5. The molecule has 0 bridgehead atoms. The summed E-state index contributed by atoms with van der Waals surface area (Å²) in [5.41, 5.74) is 1.37. The number of halogens is 3. The van der Waals surface area contributed by atoms with Crippen LogP contribution in [0.25, 0.3) is 0 Å². The van der Waals surface area contributed by atoms with Crippen LogP contribution in [0.2, 0.25) is 0 Å². The summed E-state index contributed by atoms with van der Waals surface area (Å²) in [6, 6.07) is 7.06. The topological polar surface area (TPSA) is 41.1 Å². The lowest BCUT2D eigenvalue weighted by Gasteiger charge is -2.10. The Balaban J connectivity index is 2.50. The summed E-state index contributed by atoms with van der Waals surface area (Å²) in [7, 11) is 0. The van der Waals surface area contributed by atoms with Gasteiger partial charge in [0, 0.05) is 18.3 Å². The Labute approximate surface area is 110 Å². The van der Waals surface area contributed by atoms with Crippen LogP contribution in [-0.4, -0.2) is 18.1 Å². The summed E-state index contributed by atoms with van der Waals surface area (Å²) < 4.78 is 35.9. The lowest BCUT2D eigenvalue weighted by Crippen LogP contribution is -2.22. The van der Waals surface area contributed by atoms with Crippen molar-refractivity contribution >= 4 is 11.6 Å². The average Bonchev–Trinajstić information content (AvgIpc) is 2.25. The van der Waals surface area contributed by atoms with E-state index in [0.717, 1.165) is 5.56 Å². The first kappa shape index (κ1) is 15.5. The van der Waals surface area contributed by atoms with Crippen molar-refractivity contribution in [3.05, 3.63) is 29.8 Å². The minimum atomic E-state index is -4.48. The highest BCUT2D eigenvalue weighted by Gasteiger charge is 2.31. The van der Waals surface area contributed by atoms with Crippen LogP contribution >= 0.6 is 0 Å². The van der Waals surface area contributed by atoms with Gasteiger partial charge in [-0.1, -0.05) is 26.0 Å². The van der Waals surface area contributed by atoms with Gasteiger partial charge < -0.3 is 10.6 Å². The summed E-state index contributed by atoms with van der Waals surface area (Å²) in [6.45, 7) is 4.71. The first-order valence-corrected chi connectivity index (χ1v) is 5.95. The number of rotatable bonds is 5. The molecule has 0 fully saturated rings. The molecule has 2 N–H and O–H groups in total. The van der Waals surface area contributed by atoms with Crippen molar-refractivity contribution in [1.29, 1.82) is 0 Å². The Morgan fingerprint density at radius 2 is 1.79 bits per heavy atom. The number of hydrogen-bond acceptors (Lipinski definition) is 2. The molecule has 19 heavy (non-hydrogen) atoms. The number of carbonyl (C=O) groups excluding carboxylic acids is 1. The van der Waals surface area contributed by atoms with Crippen molar-refractivity contribution in [2.24, 2.45) is 0 Å². The van der Waals surface area contributed by atoms with E-state index in [1.807, 2.05) is 13.8 Å². The highest BCUT2D eigenvalue weighted by molar-refractivity contribution is 5.91. The van der Waals surface area contributed by atoms with E-state index in [2.05, 4.69) is 10.6 Å². The number of anilines is 1. The van der Waals surface area contributed by atoms with E-state index in [0.29, 0.717) is 18.3 Å². The van der Waals surface area contributed by atoms with E-state index in [-0.39, 0.29) is 0 Å². The van der Waals surface area contributed by atoms with Gasteiger partial charge in [-0.3, -0.25) is 4.79 Å². The highest BCUT2D eigenvalue weighted by atomic mass is 19.4. The van der Waals surface area contributed by atoms with Crippen molar-refractivity contribution in [1.82, 2.24) is 5.32 Å². The largest absolute Gasteiger partial charge is 0.397 e. The Kier molecular flexibility index (Phi) is 5.35. The van der Waals surface area contributed by atoms with Gasteiger partial charge in [0.05, 0.1) is 0 Å². The van der Waals surface area contributed by atoms with E-state index in [4.69, 9.17) is 0 Å². The highest BCUT2D eigenvalue weighted by Crippen LogP contribution is 2.20. The summed E-state index contributed by atoms with van der Waals surface area (Å²) in [5, 5.41) is 5.43. The Hall–Kier alpha value is -1.56. The summed E-state index contributed by atoms with van der Waals surface area (Å²) >= 11 is 0. The third-order valence-electron chi connectivity index (χ3n) is 2.31. The van der Waals surface area contributed by atoms with Crippen LogP contribution in [0.4, 0.5) is 18.9 Å². The van der Waals surface area contributed by atoms with Crippen molar-refractivity contribution in [2.45, 2.75) is 39.0 Å². The molecule has 0 saturated carbocycles. The maximum Gasteiger partial charge on any atom is 0.397 e. The first-order chi connectivity index (χ1) is 8.76. The van der Waals surface area contributed by atoms with Crippen molar-refractivity contribution in [2.75, 3.05) is 5.32 Å².